The van der Waals surface area contributed by atoms with Gasteiger partial charge >= 0.3 is 5.97 Å². The topological polar surface area (TPSA) is 42.4 Å². The summed E-state index contributed by atoms with van der Waals surface area (Å²) in [7, 11) is 0. The number of halogens is 2. The van der Waals surface area contributed by atoms with Gasteiger partial charge in [0.05, 0.1) is 10.0 Å². The van der Waals surface area contributed by atoms with Crippen LogP contribution >= 0.6 is 23.2 Å². The number of ether oxygens (including phenoxy) is 1. The van der Waals surface area contributed by atoms with E-state index in [1.54, 1.807) is 30.5 Å². The van der Waals surface area contributed by atoms with E-state index in [0.717, 1.165) is 25.9 Å². The zero-order valence-corrected chi connectivity index (χ0v) is 14.0. The number of carbonyl (C=O) groups excluding carboxylic acids is 1. The van der Waals surface area contributed by atoms with Crippen molar-refractivity contribution in [1.82, 2.24) is 4.98 Å². The maximum absolute atomic E-state index is 12.5. The predicted molar refractivity (Wildman–Crippen MR) is 91.7 cm³/mol. The number of benzene rings is 1. The zero-order valence-electron chi connectivity index (χ0n) is 12.5. The average Bonchev–Trinajstić information content (AvgIpc) is 2.59. The minimum Gasteiger partial charge on any atom is -0.423 e. The molecule has 1 saturated heterocycles. The molecule has 0 bridgehead atoms. The second-order valence-corrected chi connectivity index (χ2v) is 6.20. The SMILES string of the molecule is O=C(Oc1ccc(Cl)c(Cl)c1)c1cccnc1N1CCCCC1. The second kappa shape index (κ2) is 7.20. The molecule has 2 aromatic rings. The van der Waals surface area contributed by atoms with Crippen molar-refractivity contribution in [2.45, 2.75) is 19.3 Å². The Morgan fingerprint density at radius 2 is 1.87 bits per heavy atom. The van der Waals surface area contributed by atoms with Gasteiger partial charge in [-0.1, -0.05) is 23.2 Å². The van der Waals surface area contributed by atoms with Crippen molar-refractivity contribution < 1.29 is 9.53 Å². The van der Waals surface area contributed by atoms with Crippen LogP contribution in [0.2, 0.25) is 10.0 Å². The van der Waals surface area contributed by atoms with E-state index in [4.69, 9.17) is 27.9 Å². The lowest BCUT2D eigenvalue weighted by Gasteiger charge is -2.28. The van der Waals surface area contributed by atoms with Gasteiger partial charge in [-0.2, -0.15) is 0 Å². The van der Waals surface area contributed by atoms with Gasteiger partial charge in [-0.3, -0.25) is 0 Å². The third-order valence-electron chi connectivity index (χ3n) is 3.76. The normalized spacial score (nSPS) is 14.6. The number of piperidine rings is 1. The molecule has 0 N–H and O–H groups in total. The zero-order chi connectivity index (χ0) is 16.2. The first-order valence-electron chi connectivity index (χ1n) is 7.52. The van der Waals surface area contributed by atoms with Crippen LogP contribution in [0.3, 0.4) is 0 Å². The van der Waals surface area contributed by atoms with Crippen LogP contribution in [-0.4, -0.2) is 24.0 Å². The van der Waals surface area contributed by atoms with Gasteiger partial charge in [-0.25, -0.2) is 9.78 Å². The molecule has 1 aromatic carbocycles. The summed E-state index contributed by atoms with van der Waals surface area (Å²) in [5, 5.41) is 0.765. The maximum atomic E-state index is 12.5. The summed E-state index contributed by atoms with van der Waals surface area (Å²) in [6.45, 7) is 1.81. The monoisotopic (exact) mass is 350 g/mol. The van der Waals surface area contributed by atoms with Gasteiger partial charge < -0.3 is 9.64 Å². The molecule has 0 amide bonds. The Morgan fingerprint density at radius 3 is 2.61 bits per heavy atom. The van der Waals surface area contributed by atoms with Gasteiger partial charge in [0.15, 0.2) is 0 Å². The van der Waals surface area contributed by atoms with Gasteiger partial charge in [-0.15, -0.1) is 0 Å². The van der Waals surface area contributed by atoms with Crippen molar-refractivity contribution >= 4 is 35.0 Å². The Kier molecular flexibility index (Phi) is 5.03. The molecule has 2 heterocycles. The molecule has 120 valence electrons. The lowest BCUT2D eigenvalue weighted by atomic mass is 10.1. The molecule has 23 heavy (non-hydrogen) atoms. The molecule has 6 heteroatoms. The molecule has 0 atom stereocenters. The molecule has 0 radical (unpaired) electrons. The van der Waals surface area contributed by atoms with Crippen molar-refractivity contribution in [1.29, 1.82) is 0 Å². The molecule has 1 aliphatic heterocycles. The van der Waals surface area contributed by atoms with Crippen LogP contribution in [0.4, 0.5) is 5.82 Å². The highest BCUT2D eigenvalue weighted by Gasteiger charge is 2.21. The number of rotatable bonds is 3. The minimum atomic E-state index is -0.447. The lowest BCUT2D eigenvalue weighted by molar-refractivity contribution is 0.0735. The molecule has 4 nitrogen and oxygen atoms in total. The van der Waals surface area contributed by atoms with Gasteiger partial charge in [0.1, 0.15) is 17.1 Å². The summed E-state index contributed by atoms with van der Waals surface area (Å²) >= 11 is 11.8. The Hall–Kier alpha value is -1.78. The molecular weight excluding hydrogens is 335 g/mol. The smallest absolute Gasteiger partial charge is 0.347 e. The summed E-state index contributed by atoms with van der Waals surface area (Å²) in [5.74, 6) is 0.590. The Morgan fingerprint density at radius 1 is 1.09 bits per heavy atom. The van der Waals surface area contributed by atoms with E-state index in [0.29, 0.717) is 27.2 Å². The Labute approximate surface area is 145 Å². The number of esters is 1. The van der Waals surface area contributed by atoms with Gasteiger partial charge in [0.25, 0.3) is 0 Å². The molecule has 1 fully saturated rings. The van der Waals surface area contributed by atoms with E-state index in [9.17, 15) is 4.79 Å². The third kappa shape index (κ3) is 3.77. The number of carbonyl (C=O) groups is 1. The molecule has 1 aromatic heterocycles. The van der Waals surface area contributed by atoms with E-state index in [1.165, 1.54) is 12.5 Å². The highest BCUT2D eigenvalue weighted by atomic mass is 35.5. The van der Waals surface area contributed by atoms with E-state index in [2.05, 4.69) is 9.88 Å². The Balaban J connectivity index is 1.83. The summed E-state index contributed by atoms with van der Waals surface area (Å²) < 4.78 is 5.42. The van der Waals surface area contributed by atoms with Crippen LogP contribution in [0.15, 0.2) is 36.5 Å². The van der Waals surface area contributed by atoms with Gasteiger partial charge in [-0.05, 0) is 43.5 Å². The minimum absolute atomic E-state index is 0.347. The first-order chi connectivity index (χ1) is 11.1. The van der Waals surface area contributed by atoms with Crippen molar-refractivity contribution in [3.8, 4) is 5.75 Å². The number of hydrogen-bond acceptors (Lipinski definition) is 4. The average molecular weight is 351 g/mol. The standard InChI is InChI=1S/C17H16Cl2N2O2/c18-14-7-6-12(11-15(14)19)23-17(22)13-5-4-8-20-16(13)21-9-2-1-3-10-21/h4-8,11H,1-3,9-10H2. The Bertz CT molecular complexity index is 715. The van der Waals surface area contributed by atoms with Crippen molar-refractivity contribution in [3.63, 3.8) is 0 Å². The first kappa shape index (κ1) is 16.1. The third-order valence-corrected chi connectivity index (χ3v) is 4.50. The fourth-order valence-electron chi connectivity index (χ4n) is 2.62. The van der Waals surface area contributed by atoms with Crippen LogP contribution in [-0.2, 0) is 0 Å². The van der Waals surface area contributed by atoms with Crippen LogP contribution < -0.4 is 9.64 Å². The van der Waals surface area contributed by atoms with E-state index in [1.807, 2.05) is 0 Å². The predicted octanol–water partition coefficient (Wildman–Crippen LogP) is 4.60. The van der Waals surface area contributed by atoms with Crippen LogP contribution in [0.1, 0.15) is 29.6 Å². The fourth-order valence-corrected chi connectivity index (χ4v) is 2.90. The number of hydrogen-bond donors (Lipinski definition) is 0. The van der Waals surface area contributed by atoms with E-state index >= 15 is 0 Å². The van der Waals surface area contributed by atoms with Gasteiger partial charge in [0.2, 0.25) is 0 Å². The summed E-state index contributed by atoms with van der Waals surface area (Å²) in [5.41, 5.74) is 0.459. The van der Waals surface area contributed by atoms with Crippen LogP contribution in [0, 0.1) is 0 Å². The number of pyridine rings is 1. The number of nitrogens with zero attached hydrogens (tertiary/aromatic N) is 2. The lowest BCUT2D eigenvalue weighted by Crippen LogP contribution is -2.32. The highest BCUT2D eigenvalue weighted by molar-refractivity contribution is 6.42. The quantitative estimate of drug-likeness (QED) is 0.599. The maximum Gasteiger partial charge on any atom is 0.347 e. The van der Waals surface area contributed by atoms with Crippen LogP contribution in [0.5, 0.6) is 5.75 Å². The van der Waals surface area contributed by atoms with Crippen molar-refractivity contribution in [2.75, 3.05) is 18.0 Å². The van der Waals surface area contributed by atoms with Crippen molar-refractivity contribution in [3.05, 3.63) is 52.1 Å². The fraction of sp³-hybridized carbons (Fsp3) is 0.294. The second-order valence-electron chi connectivity index (χ2n) is 5.39. The molecular formula is C17H16Cl2N2O2. The van der Waals surface area contributed by atoms with Gasteiger partial charge in [0, 0.05) is 25.4 Å². The summed E-state index contributed by atoms with van der Waals surface area (Å²) in [4.78, 5) is 19.0. The highest BCUT2D eigenvalue weighted by Crippen LogP contribution is 2.28. The molecule has 0 unspecified atom stereocenters. The first-order valence-corrected chi connectivity index (χ1v) is 8.28. The molecule has 1 aliphatic rings. The van der Waals surface area contributed by atoms with Crippen molar-refractivity contribution in [2.24, 2.45) is 0 Å². The molecule has 0 aliphatic carbocycles. The summed E-state index contributed by atoms with van der Waals surface area (Å²) in [6.07, 6.45) is 5.13. The summed E-state index contributed by atoms with van der Waals surface area (Å²) in [6, 6.07) is 8.21. The van der Waals surface area contributed by atoms with E-state index in [-0.39, 0.29) is 0 Å². The number of aromatic nitrogens is 1. The van der Waals surface area contributed by atoms with E-state index < -0.39 is 5.97 Å². The molecule has 0 saturated carbocycles. The van der Waals surface area contributed by atoms with Crippen LogP contribution in [0.25, 0.3) is 0 Å². The molecule has 3 rings (SSSR count). The largest absolute Gasteiger partial charge is 0.423 e. The number of anilines is 1. The molecule has 0 spiro atoms.